The number of carbonyl (C=O) groups excluding carboxylic acids is 1. The Bertz CT molecular complexity index is 790. The molecule has 0 saturated carbocycles. The number of carbonyl (C=O) groups is 1. The summed E-state index contributed by atoms with van der Waals surface area (Å²) in [6, 6.07) is 6.74. The quantitative estimate of drug-likeness (QED) is 0.571. The maximum absolute atomic E-state index is 13.7. The minimum absolute atomic E-state index is 0.0554. The fraction of sp³-hybridized carbons (Fsp3) is 0.333. The van der Waals surface area contributed by atoms with Crippen LogP contribution in [0.2, 0.25) is 0 Å². The maximum Gasteiger partial charge on any atom is 0.407 e. The van der Waals surface area contributed by atoms with Crippen LogP contribution in [0.25, 0.3) is 0 Å². The molecule has 0 aliphatic heterocycles. The van der Waals surface area contributed by atoms with Crippen molar-refractivity contribution in [3.63, 3.8) is 0 Å². The summed E-state index contributed by atoms with van der Waals surface area (Å²) in [5.74, 6) is -1.98. The third kappa shape index (κ3) is 6.02. The van der Waals surface area contributed by atoms with Gasteiger partial charge in [-0.1, -0.05) is 0 Å². The van der Waals surface area contributed by atoms with Gasteiger partial charge in [0.15, 0.2) is 0 Å². The highest BCUT2D eigenvalue weighted by Gasteiger charge is 2.23. The number of aromatic nitrogens is 1. The number of benzene rings is 1. The van der Waals surface area contributed by atoms with Crippen molar-refractivity contribution in [2.45, 2.75) is 32.3 Å². The minimum Gasteiger partial charge on any atom is -0.444 e. The molecule has 140 valence electrons. The van der Waals surface area contributed by atoms with Crippen molar-refractivity contribution in [3.05, 3.63) is 62.3 Å². The molecule has 2 aromatic rings. The van der Waals surface area contributed by atoms with Crippen molar-refractivity contribution in [1.29, 1.82) is 0 Å². The molecule has 0 spiro atoms. The highest BCUT2D eigenvalue weighted by Crippen LogP contribution is 2.31. The van der Waals surface area contributed by atoms with E-state index in [2.05, 4.69) is 42.2 Å². The van der Waals surface area contributed by atoms with Crippen molar-refractivity contribution in [1.82, 2.24) is 10.3 Å². The third-order valence-electron chi connectivity index (χ3n) is 3.31. The Morgan fingerprint density at radius 3 is 2.38 bits per heavy atom. The summed E-state index contributed by atoms with van der Waals surface area (Å²) >= 11 is 6.70. The molecule has 0 aliphatic rings. The Balaban J connectivity index is 2.36. The molecule has 1 aromatic carbocycles. The molecule has 1 amide bonds. The van der Waals surface area contributed by atoms with E-state index in [0.717, 1.165) is 6.07 Å². The fourth-order valence-electron chi connectivity index (χ4n) is 2.33. The van der Waals surface area contributed by atoms with E-state index in [-0.39, 0.29) is 6.54 Å². The van der Waals surface area contributed by atoms with E-state index >= 15 is 0 Å². The number of ether oxygens (including phenoxy) is 1. The zero-order chi connectivity index (χ0) is 19.5. The lowest BCUT2D eigenvalue weighted by molar-refractivity contribution is 0.0526. The lowest BCUT2D eigenvalue weighted by atomic mass is 9.94. The number of nitrogens with zero attached hydrogens (tertiary/aromatic N) is 1. The van der Waals surface area contributed by atoms with Crippen molar-refractivity contribution < 1.29 is 18.3 Å². The molecule has 1 unspecified atom stereocenters. The van der Waals surface area contributed by atoms with Crippen LogP contribution in [0.1, 0.15) is 37.9 Å². The van der Waals surface area contributed by atoms with Crippen LogP contribution in [0.5, 0.6) is 0 Å². The van der Waals surface area contributed by atoms with E-state index in [1.54, 1.807) is 32.9 Å². The van der Waals surface area contributed by atoms with Crippen molar-refractivity contribution in [3.8, 4) is 0 Å². The van der Waals surface area contributed by atoms with Gasteiger partial charge >= 0.3 is 6.09 Å². The Morgan fingerprint density at radius 2 is 1.81 bits per heavy atom. The van der Waals surface area contributed by atoms with E-state index in [9.17, 15) is 13.6 Å². The Labute approximate surface area is 167 Å². The van der Waals surface area contributed by atoms with Gasteiger partial charge in [-0.3, -0.25) is 0 Å². The van der Waals surface area contributed by atoms with Crippen LogP contribution in [0.3, 0.4) is 0 Å². The molecule has 1 N–H and O–H groups in total. The van der Waals surface area contributed by atoms with Crippen LogP contribution in [0, 0.1) is 11.6 Å². The number of halogens is 4. The monoisotopic (exact) mass is 490 g/mol. The number of pyridine rings is 1. The van der Waals surface area contributed by atoms with E-state index in [4.69, 9.17) is 4.74 Å². The summed E-state index contributed by atoms with van der Waals surface area (Å²) < 4.78 is 33.9. The average Bonchev–Trinajstić information content (AvgIpc) is 2.48. The smallest absolute Gasteiger partial charge is 0.407 e. The number of amides is 1. The first-order valence-electron chi connectivity index (χ1n) is 7.80. The Hall–Kier alpha value is -1.54. The SMILES string of the molecule is CC(C)(C)OC(=O)NCC(c1cc(F)cc(F)c1)c1nc(Br)ccc1Br. The summed E-state index contributed by atoms with van der Waals surface area (Å²) in [5.41, 5.74) is 0.226. The van der Waals surface area contributed by atoms with E-state index < -0.39 is 29.2 Å². The minimum atomic E-state index is -0.701. The predicted octanol–water partition coefficient (Wildman–Crippen LogP) is 5.54. The largest absolute Gasteiger partial charge is 0.444 e. The molecule has 8 heteroatoms. The van der Waals surface area contributed by atoms with Gasteiger partial charge in [0.25, 0.3) is 0 Å². The summed E-state index contributed by atoms with van der Waals surface area (Å²) in [4.78, 5) is 16.4. The molecule has 1 heterocycles. The van der Waals surface area contributed by atoms with Crippen LogP contribution < -0.4 is 5.32 Å². The van der Waals surface area contributed by atoms with Gasteiger partial charge in [0.05, 0.1) is 5.69 Å². The zero-order valence-electron chi connectivity index (χ0n) is 14.4. The van der Waals surface area contributed by atoms with Gasteiger partial charge in [0.2, 0.25) is 0 Å². The molecule has 0 saturated heterocycles. The van der Waals surface area contributed by atoms with E-state index in [1.165, 1.54) is 12.1 Å². The summed E-state index contributed by atoms with van der Waals surface area (Å²) in [6.45, 7) is 5.30. The van der Waals surface area contributed by atoms with Crippen LogP contribution in [-0.4, -0.2) is 23.2 Å². The van der Waals surface area contributed by atoms with Gasteiger partial charge in [0.1, 0.15) is 21.8 Å². The topological polar surface area (TPSA) is 51.2 Å². The number of nitrogens with one attached hydrogen (secondary N) is 1. The van der Waals surface area contributed by atoms with Crippen molar-refractivity contribution >= 4 is 38.0 Å². The molecular formula is C18H18Br2F2N2O2. The van der Waals surface area contributed by atoms with Crippen LogP contribution in [0.15, 0.2) is 39.4 Å². The van der Waals surface area contributed by atoms with Gasteiger partial charge in [-0.25, -0.2) is 18.6 Å². The summed E-state index contributed by atoms with van der Waals surface area (Å²) in [6.07, 6.45) is -0.620. The first kappa shape index (κ1) is 20.8. The van der Waals surface area contributed by atoms with Gasteiger partial charge < -0.3 is 10.1 Å². The molecule has 0 aliphatic carbocycles. The maximum atomic E-state index is 13.7. The second-order valence-corrected chi connectivity index (χ2v) is 8.31. The number of hydrogen-bond donors (Lipinski definition) is 1. The number of alkyl carbamates (subject to hydrolysis) is 1. The van der Waals surface area contributed by atoms with Crippen LogP contribution >= 0.6 is 31.9 Å². The molecule has 0 bridgehead atoms. The predicted molar refractivity (Wildman–Crippen MR) is 102 cm³/mol. The van der Waals surface area contributed by atoms with Crippen LogP contribution in [-0.2, 0) is 4.74 Å². The third-order valence-corrected chi connectivity index (χ3v) is 4.42. The van der Waals surface area contributed by atoms with Crippen molar-refractivity contribution in [2.24, 2.45) is 0 Å². The average molecular weight is 492 g/mol. The van der Waals surface area contributed by atoms with E-state index in [1.807, 2.05) is 0 Å². The Kier molecular flexibility index (Phi) is 6.74. The normalized spacial score (nSPS) is 12.6. The molecule has 1 aromatic heterocycles. The molecule has 0 fully saturated rings. The summed E-state index contributed by atoms with van der Waals surface area (Å²) in [7, 11) is 0. The van der Waals surface area contributed by atoms with Crippen molar-refractivity contribution in [2.75, 3.05) is 6.54 Å². The van der Waals surface area contributed by atoms with Gasteiger partial charge in [-0.05, 0) is 82.5 Å². The molecule has 2 rings (SSSR count). The second-order valence-electron chi connectivity index (χ2n) is 6.64. The molecular weight excluding hydrogens is 474 g/mol. The lowest BCUT2D eigenvalue weighted by Gasteiger charge is -2.23. The second kappa shape index (κ2) is 8.43. The Morgan fingerprint density at radius 1 is 1.19 bits per heavy atom. The zero-order valence-corrected chi connectivity index (χ0v) is 17.6. The van der Waals surface area contributed by atoms with Gasteiger partial charge in [0, 0.05) is 23.0 Å². The number of rotatable bonds is 4. The highest BCUT2D eigenvalue weighted by atomic mass is 79.9. The first-order chi connectivity index (χ1) is 12.0. The number of hydrogen-bond acceptors (Lipinski definition) is 3. The summed E-state index contributed by atoms with van der Waals surface area (Å²) in [5, 5.41) is 2.64. The lowest BCUT2D eigenvalue weighted by Crippen LogP contribution is -2.35. The molecule has 1 atom stereocenters. The standard InChI is InChI=1S/C18H18Br2F2N2O2/c1-18(2,3)26-17(25)23-9-13(10-6-11(21)8-12(22)7-10)16-14(19)4-5-15(20)24-16/h4-8,13H,9H2,1-3H3,(H,23,25). The molecule has 4 nitrogen and oxygen atoms in total. The van der Waals surface area contributed by atoms with E-state index in [0.29, 0.717) is 20.3 Å². The fourth-order valence-corrected chi connectivity index (χ4v) is 3.15. The highest BCUT2D eigenvalue weighted by molar-refractivity contribution is 9.11. The molecule has 26 heavy (non-hydrogen) atoms. The van der Waals surface area contributed by atoms with Gasteiger partial charge in [-0.2, -0.15) is 0 Å². The first-order valence-corrected chi connectivity index (χ1v) is 9.38. The van der Waals surface area contributed by atoms with Gasteiger partial charge in [-0.15, -0.1) is 0 Å². The van der Waals surface area contributed by atoms with Crippen LogP contribution in [0.4, 0.5) is 13.6 Å². The molecule has 0 radical (unpaired) electrons.